The molecule has 2 N–H and O–H groups in total. The number of hydrogen-bond donors (Lipinski definition) is 2. The van der Waals surface area contributed by atoms with Gasteiger partial charge in [-0.2, -0.15) is 0 Å². The van der Waals surface area contributed by atoms with E-state index < -0.39 is 0 Å². The van der Waals surface area contributed by atoms with Crippen LogP contribution in [0.2, 0.25) is 0 Å². The van der Waals surface area contributed by atoms with Crippen LogP contribution in [0.5, 0.6) is 0 Å². The number of aromatic nitrogens is 1. The highest BCUT2D eigenvalue weighted by atomic mass is 127. The molecule has 1 fully saturated rings. The molecule has 6 heteroatoms. The summed E-state index contributed by atoms with van der Waals surface area (Å²) in [5, 5.41) is 6.89. The zero-order chi connectivity index (χ0) is 15.7. The summed E-state index contributed by atoms with van der Waals surface area (Å²) in [6.07, 6.45) is 3.04. The van der Waals surface area contributed by atoms with Crippen LogP contribution in [0.25, 0.3) is 0 Å². The number of ether oxygens (including phenoxy) is 1. The fraction of sp³-hybridized carbons (Fsp3) is 0.688. The summed E-state index contributed by atoms with van der Waals surface area (Å²) in [6, 6.07) is 4.52. The first-order valence-corrected chi connectivity index (χ1v) is 7.46. The Morgan fingerprint density at radius 2 is 2.14 bits per heavy atom. The van der Waals surface area contributed by atoms with Crippen molar-refractivity contribution < 1.29 is 4.74 Å². The van der Waals surface area contributed by atoms with Crippen LogP contribution < -0.4 is 10.6 Å². The van der Waals surface area contributed by atoms with Crippen molar-refractivity contribution in [3.63, 3.8) is 0 Å². The van der Waals surface area contributed by atoms with E-state index in [4.69, 9.17) is 4.74 Å². The maximum Gasteiger partial charge on any atom is 0.191 e. The van der Waals surface area contributed by atoms with E-state index >= 15 is 0 Å². The van der Waals surface area contributed by atoms with Gasteiger partial charge in [0, 0.05) is 44.6 Å². The van der Waals surface area contributed by atoms with Crippen molar-refractivity contribution in [2.24, 2.45) is 17.5 Å². The molecule has 0 aliphatic heterocycles. The Morgan fingerprint density at radius 3 is 2.59 bits per heavy atom. The first-order chi connectivity index (χ1) is 9.84. The third kappa shape index (κ3) is 3.42. The third-order valence-corrected chi connectivity index (χ3v) is 5.30. The smallest absolute Gasteiger partial charge is 0.191 e. The number of halogens is 1. The monoisotopic (exact) mass is 420 g/mol. The molecule has 2 atom stereocenters. The van der Waals surface area contributed by atoms with Gasteiger partial charge in [-0.25, -0.2) is 0 Å². The van der Waals surface area contributed by atoms with Gasteiger partial charge in [-0.15, -0.1) is 24.0 Å². The Balaban J connectivity index is 0.00000242. The second kappa shape index (κ2) is 7.21. The van der Waals surface area contributed by atoms with Crippen molar-refractivity contribution in [2.45, 2.75) is 45.4 Å². The largest absolute Gasteiger partial charge is 0.378 e. The molecular weight excluding hydrogens is 391 g/mol. The molecule has 1 aromatic heterocycles. The average Bonchev–Trinajstić information content (AvgIpc) is 2.87. The van der Waals surface area contributed by atoms with Gasteiger partial charge in [-0.05, 0) is 25.5 Å². The number of nitrogens with one attached hydrogen (secondary N) is 2. The maximum absolute atomic E-state index is 5.67. The van der Waals surface area contributed by atoms with Crippen molar-refractivity contribution in [3.8, 4) is 0 Å². The predicted molar refractivity (Wildman–Crippen MR) is 102 cm³/mol. The number of methoxy groups -OCH3 is 1. The van der Waals surface area contributed by atoms with Gasteiger partial charge in [0.2, 0.25) is 0 Å². The molecular formula is C16H29IN4O. The molecule has 5 nitrogen and oxygen atoms in total. The van der Waals surface area contributed by atoms with Crippen molar-refractivity contribution >= 4 is 29.9 Å². The summed E-state index contributed by atoms with van der Waals surface area (Å²) in [6.45, 7) is 7.41. The van der Waals surface area contributed by atoms with Crippen LogP contribution >= 0.6 is 24.0 Å². The minimum Gasteiger partial charge on any atom is -0.378 e. The number of guanidine groups is 1. The quantitative estimate of drug-likeness (QED) is 0.447. The molecule has 0 bridgehead atoms. The zero-order valence-corrected chi connectivity index (χ0v) is 16.8. The summed E-state index contributed by atoms with van der Waals surface area (Å²) < 4.78 is 7.77. The molecule has 0 spiro atoms. The summed E-state index contributed by atoms with van der Waals surface area (Å²) in [5.41, 5.74) is 1.24. The molecule has 126 valence electrons. The van der Waals surface area contributed by atoms with Gasteiger partial charge in [0.25, 0.3) is 0 Å². The topological polar surface area (TPSA) is 50.6 Å². The Morgan fingerprint density at radius 1 is 1.45 bits per heavy atom. The van der Waals surface area contributed by atoms with Gasteiger partial charge >= 0.3 is 0 Å². The fourth-order valence-electron chi connectivity index (χ4n) is 2.94. The Labute approximate surface area is 150 Å². The van der Waals surface area contributed by atoms with E-state index in [0.717, 1.165) is 18.9 Å². The SMILES string of the molecule is CN=C(NCc1cccn1C)NC1CC(C)(OC)C1(C)C.I. The fourth-order valence-corrected chi connectivity index (χ4v) is 2.94. The van der Waals surface area contributed by atoms with Crippen LogP contribution in [0, 0.1) is 5.41 Å². The minimum absolute atomic E-state index is 0. The predicted octanol–water partition coefficient (Wildman–Crippen LogP) is 2.51. The maximum atomic E-state index is 5.67. The van der Waals surface area contributed by atoms with E-state index in [1.165, 1.54) is 5.69 Å². The van der Waals surface area contributed by atoms with E-state index in [1.54, 1.807) is 7.11 Å². The molecule has 2 unspecified atom stereocenters. The van der Waals surface area contributed by atoms with Gasteiger partial charge in [-0.3, -0.25) is 4.99 Å². The lowest BCUT2D eigenvalue weighted by atomic mass is 9.56. The molecule has 1 aromatic rings. The lowest BCUT2D eigenvalue weighted by Gasteiger charge is -2.59. The Bertz CT molecular complexity index is 526. The van der Waals surface area contributed by atoms with E-state index in [1.807, 2.05) is 26.4 Å². The molecule has 1 aliphatic rings. The highest BCUT2D eigenvalue weighted by molar-refractivity contribution is 14.0. The van der Waals surface area contributed by atoms with Crippen molar-refractivity contribution in [1.29, 1.82) is 0 Å². The van der Waals surface area contributed by atoms with Crippen molar-refractivity contribution in [3.05, 3.63) is 24.0 Å². The number of aryl methyl sites for hydroxylation is 1. The van der Waals surface area contributed by atoms with Gasteiger partial charge in [0.05, 0.1) is 12.1 Å². The van der Waals surface area contributed by atoms with Crippen molar-refractivity contribution in [1.82, 2.24) is 15.2 Å². The normalized spacial score (nSPS) is 26.8. The average molecular weight is 420 g/mol. The Kier molecular flexibility index (Phi) is 6.32. The van der Waals surface area contributed by atoms with Crippen molar-refractivity contribution in [2.75, 3.05) is 14.2 Å². The summed E-state index contributed by atoms with van der Waals surface area (Å²) >= 11 is 0. The summed E-state index contributed by atoms with van der Waals surface area (Å²) in [5.74, 6) is 0.840. The number of rotatable bonds is 4. The van der Waals surface area contributed by atoms with E-state index in [2.05, 4.69) is 47.0 Å². The molecule has 0 radical (unpaired) electrons. The highest BCUT2D eigenvalue weighted by Gasteiger charge is 2.58. The molecule has 0 aromatic carbocycles. The standard InChI is InChI=1S/C16H28N4O.HI/c1-15(2)13(10-16(15,3)21-6)19-14(17-4)18-11-12-8-7-9-20(12)5;/h7-9,13H,10-11H2,1-6H3,(H2,17,18,19);1H. The molecule has 0 amide bonds. The Hall–Kier alpha value is -0.760. The number of aliphatic imine (C=N–C) groups is 1. The molecule has 1 saturated carbocycles. The van der Waals surface area contributed by atoms with Crippen LogP contribution in [0.4, 0.5) is 0 Å². The first-order valence-electron chi connectivity index (χ1n) is 7.46. The van der Waals surface area contributed by atoms with Crippen LogP contribution in [-0.2, 0) is 18.3 Å². The summed E-state index contributed by atoms with van der Waals surface area (Å²) in [4.78, 5) is 4.32. The lowest BCUT2D eigenvalue weighted by molar-refractivity contribution is -0.176. The molecule has 22 heavy (non-hydrogen) atoms. The van der Waals surface area contributed by atoms with Gasteiger partial charge in [0.1, 0.15) is 0 Å². The lowest BCUT2D eigenvalue weighted by Crippen LogP contribution is -2.69. The van der Waals surface area contributed by atoms with Gasteiger partial charge in [0.15, 0.2) is 5.96 Å². The van der Waals surface area contributed by atoms with Crippen LogP contribution in [-0.4, -0.2) is 36.3 Å². The van der Waals surface area contributed by atoms with Gasteiger partial charge < -0.3 is 19.9 Å². The molecule has 2 rings (SSSR count). The third-order valence-electron chi connectivity index (χ3n) is 5.30. The first kappa shape index (κ1) is 19.3. The van der Waals surface area contributed by atoms with Crippen LogP contribution in [0.15, 0.2) is 23.3 Å². The number of hydrogen-bond acceptors (Lipinski definition) is 2. The van der Waals surface area contributed by atoms with Crippen LogP contribution in [0.3, 0.4) is 0 Å². The highest BCUT2D eigenvalue weighted by Crippen LogP contribution is 2.51. The molecule has 1 aliphatic carbocycles. The number of nitrogens with zero attached hydrogens (tertiary/aromatic N) is 2. The second-order valence-corrected chi connectivity index (χ2v) is 6.59. The molecule has 0 saturated heterocycles. The van der Waals surface area contributed by atoms with Gasteiger partial charge in [-0.1, -0.05) is 13.8 Å². The van der Waals surface area contributed by atoms with E-state index in [0.29, 0.717) is 6.04 Å². The minimum atomic E-state index is -0.0678. The van der Waals surface area contributed by atoms with Crippen LogP contribution in [0.1, 0.15) is 32.9 Å². The summed E-state index contributed by atoms with van der Waals surface area (Å²) in [7, 11) is 5.65. The zero-order valence-electron chi connectivity index (χ0n) is 14.4. The molecule has 1 heterocycles. The van der Waals surface area contributed by atoms with E-state index in [9.17, 15) is 0 Å². The second-order valence-electron chi connectivity index (χ2n) is 6.59. The van der Waals surface area contributed by atoms with E-state index in [-0.39, 0.29) is 35.0 Å².